The van der Waals surface area contributed by atoms with Crippen LogP contribution in [0.25, 0.3) is 0 Å². The smallest absolute Gasteiger partial charge is 0.407 e. The van der Waals surface area contributed by atoms with Crippen molar-refractivity contribution in [2.75, 3.05) is 19.6 Å². The van der Waals surface area contributed by atoms with Crippen molar-refractivity contribution in [1.29, 1.82) is 0 Å². The highest BCUT2D eigenvalue weighted by Gasteiger charge is 2.16. The van der Waals surface area contributed by atoms with Crippen molar-refractivity contribution in [3.63, 3.8) is 0 Å². The van der Waals surface area contributed by atoms with Gasteiger partial charge in [0.1, 0.15) is 5.60 Å². The zero-order valence-electron chi connectivity index (χ0n) is 12.8. The van der Waals surface area contributed by atoms with E-state index in [0.717, 1.165) is 13.0 Å². The Morgan fingerprint density at radius 3 is 2.60 bits per heavy atom. The Labute approximate surface area is 121 Å². The zero-order valence-corrected chi connectivity index (χ0v) is 12.8. The third kappa shape index (κ3) is 7.99. The molecule has 1 atom stereocenters. The molecule has 0 saturated carbocycles. The highest BCUT2D eigenvalue weighted by molar-refractivity contribution is 5.77. The summed E-state index contributed by atoms with van der Waals surface area (Å²) >= 11 is 0. The van der Waals surface area contributed by atoms with E-state index in [9.17, 15) is 9.59 Å². The average Bonchev–Trinajstić information content (AvgIpc) is 2.35. The van der Waals surface area contributed by atoms with Crippen molar-refractivity contribution in [1.82, 2.24) is 16.0 Å². The molecule has 3 N–H and O–H groups in total. The molecule has 0 aromatic heterocycles. The molecule has 116 valence electrons. The predicted molar refractivity (Wildman–Crippen MR) is 77.5 cm³/mol. The molecule has 0 radical (unpaired) electrons. The molecule has 2 amide bonds. The number of piperidine rings is 1. The summed E-state index contributed by atoms with van der Waals surface area (Å²) in [5.74, 6) is -0.0477. The van der Waals surface area contributed by atoms with E-state index in [2.05, 4.69) is 16.0 Å². The van der Waals surface area contributed by atoms with Crippen molar-refractivity contribution < 1.29 is 14.3 Å². The van der Waals surface area contributed by atoms with Crippen LogP contribution in [-0.4, -0.2) is 43.3 Å². The molecule has 0 aromatic rings. The van der Waals surface area contributed by atoms with Crippen molar-refractivity contribution in [3.8, 4) is 0 Å². The van der Waals surface area contributed by atoms with Gasteiger partial charge in [0, 0.05) is 25.6 Å². The molecule has 6 nitrogen and oxygen atoms in total. The zero-order chi connectivity index (χ0) is 15.0. The van der Waals surface area contributed by atoms with E-state index in [1.54, 1.807) is 20.8 Å². The number of alkyl carbamates (subject to hydrolysis) is 1. The van der Waals surface area contributed by atoms with Gasteiger partial charge in [-0.1, -0.05) is 6.42 Å². The van der Waals surface area contributed by atoms with Gasteiger partial charge in [0.15, 0.2) is 0 Å². The summed E-state index contributed by atoms with van der Waals surface area (Å²) in [6.07, 6.45) is 3.32. The molecule has 1 fully saturated rings. The fraction of sp³-hybridized carbons (Fsp3) is 0.857. The van der Waals surface area contributed by atoms with Gasteiger partial charge in [-0.25, -0.2) is 4.79 Å². The van der Waals surface area contributed by atoms with Gasteiger partial charge in [-0.3, -0.25) is 4.79 Å². The van der Waals surface area contributed by atoms with Crippen LogP contribution in [0.5, 0.6) is 0 Å². The Bertz CT molecular complexity index is 320. The van der Waals surface area contributed by atoms with E-state index in [4.69, 9.17) is 4.74 Å². The highest BCUT2D eigenvalue weighted by atomic mass is 16.6. The molecule has 1 rings (SSSR count). The second kappa shape index (κ2) is 8.09. The lowest BCUT2D eigenvalue weighted by Gasteiger charge is -2.23. The van der Waals surface area contributed by atoms with Crippen molar-refractivity contribution in [3.05, 3.63) is 0 Å². The Hall–Kier alpha value is -1.30. The standard InChI is InChI=1S/C14H27N3O3/c1-14(2,3)20-13(19)16-9-7-12(18)17-10-11-6-4-5-8-15-11/h11,15H,4-10H2,1-3H3,(H,16,19)(H,17,18)/t11-/m1/s1. The summed E-state index contributed by atoms with van der Waals surface area (Å²) in [6, 6.07) is 0.381. The molecule has 0 aromatic carbocycles. The van der Waals surface area contributed by atoms with Crippen LogP contribution >= 0.6 is 0 Å². The molecule has 1 heterocycles. The van der Waals surface area contributed by atoms with Crippen LogP contribution < -0.4 is 16.0 Å². The lowest BCUT2D eigenvalue weighted by molar-refractivity contribution is -0.121. The second-order valence-electron chi connectivity index (χ2n) is 6.13. The summed E-state index contributed by atoms with van der Waals surface area (Å²) in [5.41, 5.74) is -0.515. The molecule has 1 saturated heterocycles. The Morgan fingerprint density at radius 2 is 2.00 bits per heavy atom. The van der Waals surface area contributed by atoms with Gasteiger partial charge >= 0.3 is 6.09 Å². The number of rotatable bonds is 5. The molecular weight excluding hydrogens is 258 g/mol. The molecule has 0 aliphatic carbocycles. The van der Waals surface area contributed by atoms with Gasteiger partial charge in [-0.05, 0) is 40.2 Å². The van der Waals surface area contributed by atoms with Gasteiger partial charge in [-0.2, -0.15) is 0 Å². The first-order chi connectivity index (χ1) is 9.37. The molecule has 20 heavy (non-hydrogen) atoms. The van der Waals surface area contributed by atoms with Crippen molar-refractivity contribution >= 4 is 12.0 Å². The lowest BCUT2D eigenvalue weighted by Crippen LogP contribution is -2.44. The van der Waals surface area contributed by atoms with E-state index < -0.39 is 11.7 Å². The van der Waals surface area contributed by atoms with E-state index in [1.165, 1.54) is 12.8 Å². The van der Waals surface area contributed by atoms with Gasteiger partial charge in [0.25, 0.3) is 0 Å². The van der Waals surface area contributed by atoms with Gasteiger partial charge in [0.05, 0.1) is 0 Å². The SMILES string of the molecule is CC(C)(C)OC(=O)NCCC(=O)NC[C@H]1CCCCN1. The van der Waals surface area contributed by atoms with Crippen LogP contribution in [0, 0.1) is 0 Å². The van der Waals surface area contributed by atoms with Crippen LogP contribution in [0.3, 0.4) is 0 Å². The van der Waals surface area contributed by atoms with Crippen LogP contribution in [0.1, 0.15) is 46.5 Å². The van der Waals surface area contributed by atoms with E-state index in [0.29, 0.717) is 19.1 Å². The topological polar surface area (TPSA) is 79.5 Å². The summed E-state index contributed by atoms with van der Waals surface area (Å²) in [6.45, 7) is 7.38. The minimum atomic E-state index is -0.515. The number of amides is 2. The summed E-state index contributed by atoms with van der Waals surface area (Å²) in [4.78, 5) is 23.0. The maximum Gasteiger partial charge on any atom is 0.407 e. The second-order valence-corrected chi connectivity index (χ2v) is 6.13. The van der Waals surface area contributed by atoms with E-state index >= 15 is 0 Å². The normalized spacial score (nSPS) is 19.2. The number of ether oxygens (including phenoxy) is 1. The number of nitrogens with one attached hydrogen (secondary N) is 3. The van der Waals surface area contributed by atoms with Crippen molar-refractivity contribution in [2.24, 2.45) is 0 Å². The molecule has 0 spiro atoms. The first-order valence-corrected chi connectivity index (χ1v) is 7.34. The predicted octanol–water partition coefficient (Wildman–Crippen LogP) is 1.16. The maximum atomic E-state index is 11.6. The fourth-order valence-corrected chi connectivity index (χ4v) is 2.02. The monoisotopic (exact) mass is 285 g/mol. The molecule has 0 bridgehead atoms. The number of carbonyl (C=O) groups is 2. The summed E-state index contributed by atoms with van der Waals surface area (Å²) in [5, 5.41) is 8.82. The Balaban J connectivity index is 2.06. The third-order valence-corrected chi connectivity index (χ3v) is 2.98. The van der Waals surface area contributed by atoms with E-state index in [-0.39, 0.29) is 12.3 Å². The Kier molecular flexibility index (Phi) is 6.78. The summed E-state index contributed by atoms with van der Waals surface area (Å²) in [7, 11) is 0. The van der Waals surface area contributed by atoms with Gasteiger partial charge in [0.2, 0.25) is 5.91 Å². The minimum Gasteiger partial charge on any atom is -0.444 e. The first kappa shape index (κ1) is 16.8. The molecule has 6 heteroatoms. The van der Waals surface area contributed by atoms with Crippen LogP contribution in [0.15, 0.2) is 0 Å². The van der Waals surface area contributed by atoms with Crippen LogP contribution in [0.4, 0.5) is 4.79 Å². The van der Waals surface area contributed by atoms with Gasteiger partial charge < -0.3 is 20.7 Å². The van der Waals surface area contributed by atoms with Crippen LogP contribution in [0.2, 0.25) is 0 Å². The molecular formula is C14H27N3O3. The van der Waals surface area contributed by atoms with Crippen molar-refractivity contribution in [2.45, 2.75) is 58.1 Å². The molecule has 1 aliphatic heterocycles. The third-order valence-electron chi connectivity index (χ3n) is 2.98. The number of carbonyl (C=O) groups excluding carboxylic acids is 2. The molecule has 1 aliphatic rings. The largest absolute Gasteiger partial charge is 0.444 e. The van der Waals surface area contributed by atoms with Crippen LogP contribution in [-0.2, 0) is 9.53 Å². The van der Waals surface area contributed by atoms with E-state index in [1.807, 2.05) is 0 Å². The fourth-order valence-electron chi connectivity index (χ4n) is 2.02. The molecule has 0 unspecified atom stereocenters. The Morgan fingerprint density at radius 1 is 1.25 bits per heavy atom. The highest BCUT2D eigenvalue weighted by Crippen LogP contribution is 2.06. The minimum absolute atomic E-state index is 0.0477. The summed E-state index contributed by atoms with van der Waals surface area (Å²) < 4.78 is 5.08. The maximum absolute atomic E-state index is 11.6. The number of hydrogen-bond donors (Lipinski definition) is 3. The lowest BCUT2D eigenvalue weighted by atomic mass is 10.1. The average molecular weight is 285 g/mol. The van der Waals surface area contributed by atoms with Gasteiger partial charge in [-0.15, -0.1) is 0 Å². The number of hydrogen-bond acceptors (Lipinski definition) is 4. The quantitative estimate of drug-likeness (QED) is 0.708. The first-order valence-electron chi connectivity index (χ1n) is 7.34.